The fourth-order valence-electron chi connectivity index (χ4n) is 2.69. The molecule has 0 spiro atoms. The highest BCUT2D eigenvalue weighted by atomic mass is 32.2. The molecule has 1 unspecified atom stereocenters. The summed E-state index contributed by atoms with van der Waals surface area (Å²) in [4.78, 5) is 11.8. The number of alkyl carbamates (subject to hydrolysis) is 1. The van der Waals surface area contributed by atoms with E-state index in [1.54, 1.807) is 39.0 Å². The number of hydrogen-bond acceptors (Lipinski definition) is 7. The smallest absolute Gasteiger partial charge is 0.494 e. The van der Waals surface area contributed by atoms with Crippen molar-refractivity contribution in [1.29, 1.82) is 0 Å². The van der Waals surface area contributed by atoms with E-state index in [1.165, 1.54) is 0 Å². The lowest BCUT2D eigenvalue weighted by atomic mass is 9.78. The van der Waals surface area contributed by atoms with Crippen molar-refractivity contribution in [2.24, 2.45) is 0 Å². The molecule has 0 saturated heterocycles. The molecule has 0 fully saturated rings. The predicted molar refractivity (Wildman–Crippen MR) is 105 cm³/mol. The van der Waals surface area contributed by atoms with Crippen LogP contribution in [0.15, 0.2) is 18.2 Å². The number of carbonyl (C=O) groups is 1. The molecule has 3 N–H and O–H groups in total. The topological polar surface area (TPSA) is 123 Å². The second kappa shape index (κ2) is 9.12. The average molecular weight is 414 g/mol. The minimum Gasteiger partial charge on any atom is -0.494 e. The Labute approximate surface area is 165 Å². The van der Waals surface area contributed by atoms with E-state index >= 15 is 0 Å². The molecule has 1 heterocycles. The first kappa shape index (κ1) is 22.5. The van der Waals surface area contributed by atoms with Crippen LogP contribution in [0.5, 0.6) is 5.75 Å². The highest BCUT2D eigenvalue weighted by Gasteiger charge is 2.38. The van der Waals surface area contributed by atoms with E-state index in [0.717, 1.165) is 11.8 Å². The zero-order valence-corrected chi connectivity index (χ0v) is 17.3. The third-order valence-electron chi connectivity index (χ3n) is 3.76. The molecule has 156 valence electrons. The molecule has 1 atom stereocenters. The van der Waals surface area contributed by atoms with Crippen molar-refractivity contribution in [3.63, 3.8) is 0 Å². The Bertz CT molecular complexity index is 795. The minimum atomic E-state index is -3.23. The van der Waals surface area contributed by atoms with Crippen molar-refractivity contribution in [3.05, 3.63) is 23.8 Å². The van der Waals surface area contributed by atoms with Gasteiger partial charge in [0.25, 0.3) is 0 Å². The van der Waals surface area contributed by atoms with Gasteiger partial charge in [-0.3, -0.25) is 0 Å². The molecule has 1 aromatic carbocycles. The van der Waals surface area contributed by atoms with Gasteiger partial charge in [0.05, 0.1) is 19.0 Å². The summed E-state index contributed by atoms with van der Waals surface area (Å²) >= 11 is 0. The molecule has 1 aliphatic rings. The van der Waals surface area contributed by atoms with Crippen LogP contribution >= 0.6 is 0 Å². The van der Waals surface area contributed by atoms with Gasteiger partial charge in [-0.1, -0.05) is 12.1 Å². The van der Waals surface area contributed by atoms with Gasteiger partial charge in [0.1, 0.15) is 11.4 Å². The molecule has 1 aromatic rings. The molecular weight excluding hydrogens is 387 g/mol. The summed E-state index contributed by atoms with van der Waals surface area (Å²) in [5.74, 6) is 0.462. The molecule has 0 bridgehead atoms. The Morgan fingerprint density at radius 1 is 1.36 bits per heavy atom. The van der Waals surface area contributed by atoms with Gasteiger partial charge in [-0.15, -0.1) is 0 Å². The lowest BCUT2D eigenvalue weighted by molar-refractivity contribution is 0.0498. The van der Waals surface area contributed by atoms with Crippen LogP contribution in [0.4, 0.5) is 4.79 Å². The van der Waals surface area contributed by atoms with Crippen molar-refractivity contribution >= 4 is 28.7 Å². The van der Waals surface area contributed by atoms with Gasteiger partial charge < -0.3 is 24.5 Å². The first-order chi connectivity index (χ1) is 13.0. The molecule has 0 aliphatic carbocycles. The normalized spacial score (nSPS) is 16.6. The monoisotopic (exact) mass is 414 g/mol. The van der Waals surface area contributed by atoms with Crippen LogP contribution in [-0.4, -0.2) is 58.2 Å². The predicted octanol–water partition coefficient (Wildman–Crippen LogP) is 0.288. The maximum absolute atomic E-state index is 11.8. The van der Waals surface area contributed by atoms with Crippen LogP contribution in [0.2, 0.25) is 0 Å². The zero-order chi connectivity index (χ0) is 20.9. The molecule has 0 saturated carbocycles. The van der Waals surface area contributed by atoms with Gasteiger partial charge in [0.15, 0.2) is 0 Å². The fourth-order valence-corrected chi connectivity index (χ4v) is 3.20. The first-order valence-corrected chi connectivity index (χ1v) is 10.9. The zero-order valence-electron chi connectivity index (χ0n) is 16.5. The van der Waals surface area contributed by atoms with E-state index < -0.39 is 34.9 Å². The van der Waals surface area contributed by atoms with E-state index in [9.17, 15) is 18.2 Å². The van der Waals surface area contributed by atoms with Gasteiger partial charge >= 0.3 is 13.2 Å². The fraction of sp³-hybridized carbons (Fsp3) is 0.588. The third-order valence-corrected chi connectivity index (χ3v) is 4.49. The van der Waals surface area contributed by atoms with Gasteiger partial charge in [-0.05, 0) is 38.8 Å². The van der Waals surface area contributed by atoms with Crippen LogP contribution in [-0.2, 0) is 19.4 Å². The van der Waals surface area contributed by atoms with Crippen LogP contribution in [0.1, 0.15) is 38.9 Å². The Morgan fingerprint density at radius 3 is 2.71 bits per heavy atom. The highest BCUT2D eigenvalue weighted by Crippen LogP contribution is 2.27. The molecular formula is C17H27BN2O7S. The summed E-state index contributed by atoms with van der Waals surface area (Å²) in [5, 5.41) is 12.9. The molecule has 9 nitrogen and oxygen atoms in total. The second-order valence-electron chi connectivity index (χ2n) is 7.49. The Kier molecular flexibility index (Phi) is 7.32. The minimum absolute atomic E-state index is 0.140. The summed E-state index contributed by atoms with van der Waals surface area (Å²) in [6, 6.07) is 5.27. The number of nitrogens with one attached hydrogen (secondary N) is 2. The molecule has 0 radical (unpaired) electrons. The number of rotatable bonds is 8. The number of amides is 1. The number of ether oxygens (including phenoxy) is 2. The van der Waals surface area contributed by atoms with E-state index in [0.29, 0.717) is 17.6 Å². The van der Waals surface area contributed by atoms with E-state index in [1.807, 2.05) is 0 Å². The van der Waals surface area contributed by atoms with Gasteiger partial charge in [0, 0.05) is 18.6 Å². The standard InChI is InChI=1S/C17H27BN2O7S/c1-17(2,3)26-16(21)19-11-14-12-7-5-8-13(15(12)18(22)27-14)25-10-6-9-20-28(4,23)24/h5,7-8,14,20,22H,6,9-11H2,1-4H3,(H,19,21). The number of carbonyl (C=O) groups excluding carboxylic acids is 1. The second-order valence-corrected chi connectivity index (χ2v) is 9.32. The van der Waals surface area contributed by atoms with Crippen molar-refractivity contribution in [3.8, 4) is 5.75 Å². The maximum Gasteiger partial charge on any atom is 0.495 e. The summed E-state index contributed by atoms with van der Waals surface area (Å²) in [6.45, 7) is 5.98. The lowest BCUT2D eigenvalue weighted by Crippen LogP contribution is -2.35. The van der Waals surface area contributed by atoms with E-state index in [-0.39, 0.29) is 19.7 Å². The molecule has 28 heavy (non-hydrogen) atoms. The molecule has 2 rings (SSSR count). The molecule has 0 aromatic heterocycles. The van der Waals surface area contributed by atoms with Gasteiger partial charge in [-0.25, -0.2) is 17.9 Å². The number of fused-ring (bicyclic) bond motifs is 1. The average Bonchev–Trinajstić information content (AvgIpc) is 2.87. The van der Waals surface area contributed by atoms with Crippen LogP contribution in [0.25, 0.3) is 0 Å². The molecule has 11 heteroatoms. The van der Waals surface area contributed by atoms with Crippen molar-refractivity contribution < 1.29 is 32.4 Å². The van der Waals surface area contributed by atoms with Crippen molar-refractivity contribution in [2.45, 2.75) is 38.9 Å². The largest absolute Gasteiger partial charge is 0.495 e. The van der Waals surface area contributed by atoms with Crippen LogP contribution < -0.4 is 20.2 Å². The first-order valence-electron chi connectivity index (χ1n) is 8.97. The number of sulfonamides is 1. The lowest BCUT2D eigenvalue weighted by Gasteiger charge is -2.21. The van der Waals surface area contributed by atoms with E-state index in [2.05, 4.69) is 10.0 Å². The van der Waals surface area contributed by atoms with Crippen LogP contribution in [0.3, 0.4) is 0 Å². The van der Waals surface area contributed by atoms with Gasteiger partial charge in [0.2, 0.25) is 10.0 Å². The van der Waals surface area contributed by atoms with Crippen LogP contribution in [0, 0.1) is 0 Å². The number of hydrogen-bond donors (Lipinski definition) is 3. The molecule has 1 aliphatic heterocycles. The third kappa shape index (κ3) is 6.97. The van der Waals surface area contributed by atoms with Crippen molar-refractivity contribution in [1.82, 2.24) is 10.0 Å². The van der Waals surface area contributed by atoms with E-state index in [4.69, 9.17) is 14.1 Å². The summed E-state index contributed by atoms with van der Waals surface area (Å²) in [7, 11) is -4.41. The SMILES string of the molecule is CC(C)(C)OC(=O)NCC1OB(O)c2c(OCCCNS(C)(=O)=O)cccc21. The Balaban J connectivity index is 1.94. The number of benzene rings is 1. The quantitative estimate of drug-likeness (QED) is 0.413. The highest BCUT2D eigenvalue weighted by molar-refractivity contribution is 7.88. The Hall–Kier alpha value is -1.82. The van der Waals surface area contributed by atoms with Crippen molar-refractivity contribution in [2.75, 3.05) is 26.0 Å². The molecule has 1 amide bonds. The van der Waals surface area contributed by atoms with Gasteiger partial charge in [-0.2, -0.15) is 0 Å². The Morgan fingerprint density at radius 2 is 2.07 bits per heavy atom. The summed E-state index contributed by atoms with van der Waals surface area (Å²) in [5.41, 5.74) is 0.621. The summed E-state index contributed by atoms with van der Waals surface area (Å²) < 4.78 is 40.9. The summed E-state index contributed by atoms with van der Waals surface area (Å²) in [6.07, 6.45) is 0.465. The maximum atomic E-state index is 11.8.